The minimum absolute atomic E-state index is 0.156. The van der Waals surface area contributed by atoms with Gasteiger partial charge >= 0.3 is 0 Å². The first-order valence-electron chi connectivity index (χ1n) is 5.33. The van der Waals surface area contributed by atoms with Crippen LogP contribution < -0.4 is 5.73 Å². The predicted molar refractivity (Wildman–Crippen MR) is 73.7 cm³/mol. The van der Waals surface area contributed by atoms with Gasteiger partial charge in [0.1, 0.15) is 5.82 Å². The maximum atomic E-state index is 13.6. The van der Waals surface area contributed by atoms with Crippen LogP contribution in [0.1, 0.15) is 18.9 Å². The Morgan fingerprint density at radius 1 is 1.59 bits per heavy atom. The van der Waals surface area contributed by atoms with Crippen molar-refractivity contribution in [2.45, 2.75) is 25.9 Å². The summed E-state index contributed by atoms with van der Waals surface area (Å²) in [6.45, 7) is 2.43. The molecule has 1 aromatic carbocycles. The summed E-state index contributed by atoms with van der Waals surface area (Å²) < 4.78 is 13.6. The fourth-order valence-corrected chi connectivity index (χ4v) is 2.00. The van der Waals surface area contributed by atoms with Crippen LogP contribution in [0.4, 0.5) is 4.39 Å². The Kier molecular flexibility index (Phi) is 5.31. The molecular formula is C12H16ClFN2S. The van der Waals surface area contributed by atoms with Gasteiger partial charge in [0.15, 0.2) is 0 Å². The first-order chi connectivity index (χ1) is 7.91. The van der Waals surface area contributed by atoms with Gasteiger partial charge in [-0.1, -0.05) is 29.9 Å². The minimum Gasteiger partial charge on any atom is -0.393 e. The van der Waals surface area contributed by atoms with Crippen LogP contribution >= 0.6 is 23.8 Å². The molecule has 1 aromatic rings. The summed E-state index contributed by atoms with van der Waals surface area (Å²) in [5.41, 5.74) is 5.99. The van der Waals surface area contributed by atoms with Crippen molar-refractivity contribution in [3.8, 4) is 0 Å². The van der Waals surface area contributed by atoms with E-state index < -0.39 is 0 Å². The second-order valence-electron chi connectivity index (χ2n) is 4.13. The Hall–Kier alpha value is -0.710. The zero-order chi connectivity index (χ0) is 13.0. The molecule has 17 heavy (non-hydrogen) atoms. The van der Waals surface area contributed by atoms with E-state index in [4.69, 9.17) is 29.6 Å². The summed E-state index contributed by atoms with van der Waals surface area (Å²) in [6, 6.07) is 4.85. The highest BCUT2D eigenvalue weighted by Gasteiger charge is 2.14. The molecule has 0 radical (unpaired) electrons. The van der Waals surface area contributed by atoms with Crippen molar-refractivity contribution in [1.29, 1.82) is 0 Å². The van der Waals surface area contributed by atoms with Crippen molar-refractivity contribution in [2.75, 3.05) is 7.05 Å². The van der Waals surface area contributed by atoms with E-state index in [1.54, 1.807) is 12.1 Å². The van der Waals surface area contributed by atoms with Gasteiger partial charge in [-0.2, -0.15) is 0 Å². The molecule has 0 bridgehead atoms. The number of halogens is 2. The fourth-order valence-electron chi connectivity index (χ4n) is 1.54. The topological polar surface area (TPSA) is 29.3 Å². The Bertz CT molecular complexity index is 391. The van der Waals surface area contributed by atoms with Gasteiger partial charge < -0.3 is 5.73 Å². The first kappa shape index (κ1) is 14.4. The molecule has 0 saturated carbocycles. The number of rotatable bonds is 5. The lowest BCUT2D eigenvalue weighted by Crippen LogP contribution is -2.32. The maximum absolute atomic E-state index is 13.6. The van der Waals surface area contributed by atoms with Crippen LogP contribution in [-0.4, -0.2) is 23.0 Å². The minimum atomic E-state index is -0.285. The van der Waals surface area contributed by atoms with Crippen molar-refractivity contribution in [3.05, 3.63) is 34.6 Å². The van der Waals surface area contributed by atoms with Crippen molar-refractivity contribution in [3.63, 3.8) is 0 Å². The van der Waals surface area contributed by atoms with Crippen LogP contribution in [0.25, 0.3) is 0 Å². The Balaban J connectivity index is 2.74. The van der Waals surface area contributed by atoms with Crippen LogP contribution in [0.5, 0.6) is 0 Å². The number of benzene rings is 1. The summed E-state index contributed by atoms with van der Waals surface area (Å²) in [5.74, 6) is -0.285. The van der Waals surface area contributed by atoms with Crippen molar-refractivity contribution in [1.82, 2.24) is 4.90 Å². The van der Waals surface area contributed by atoms with Crippen LogP contribution in [0.2, 0.25) is 5.02 Å². The second-order valence-corrected chi connectivity index (χ2v) is 5.07. The lowest BCUT2D eigenvalue weighted by molar-refractivity contribution is 0.252. The highest BCUT2D eigenvalue weighted by molar-refractivity contribution is 7.80. The third kappa shape index (κ3) is 4.22. The van der Waals surface area contributed by atoms with Gasteiger partial charge in [0, 0.05) is 29.6 Å². The van der Waals surface area contributed by atoms with Gasteiger partial charge in [-0.25, -0.2) is 4.39 Å². The molecule has 1 unspecified atom stereocenters. The van der Waals surface area contributed by atoms with E-state index in [0.717, 1.165) is 0 Å². The van der Waals surface area contributed by atoms with Crippen LogP contribution in [0, 0.1) is 5.82 Å². The summed E-state index contributed by atoms with van der Waals surface area (Å²) in [5, 5.41) is 0.444. The molecule has 0 spiro atoms. The van der Waals surface area contributed by atoms with E-state index in [9.17, 15) is 4.39 Å². The molecule has 0 aliphatic heterocycles. The zero-order valence-electron chi connectivity index (χ0n) is 9.91. The standard InChI is InChI=1S/C12H16ClFN2S/c1-8(6-12(15)17)16(2)7-9-10(13)4-3-5-11(9)14/h3-5,8H,6-7H2,1-2H3,(H2,15,17). The molecule has 0 saturated heterocycles. The predicted octanol–water partition coefficient (Wildman–Crippen LogP) is 2.98. The number of hydrogen-bond acceptors (Lipinski definition) is 2. The van der Waals surface area contributed by atoms with Crippen molar-refractivity contribution in [2.24, 2.45) is 5.73 Å². The van der Waals surface area contributed by atoms with E-state index in [-0.39, 0.29) is 11.9 Å². The third-order valence-electron chi connectivity index (χ3n) is 2.72. The van der Waals surface area contributed by atoms with E-state index >= 15 is 0 Å². The lowest BCUT2D eigenvalue weighted by atomic mass is 10.1. The molecule has 0 aliphatic rings. The van der Waals surface area contributed by atoms with E-state index in [1.165, 1.54) is 6.07 Å². The van der Waals surface area contributed by atoms with Crippen LogP contribution in [0.15, 0.2) is 18.2 Å². The van der Waals surface area contributed by atoms with E-state index in [1.807, 2.05) is 18.9 Å². The monoisotopic (exact) mass is 274 g/mol. The molecule has 2 nitrogen and oxygen atoms in total. The molecule has 2 N–H and O–H groups in total. The summed E-state index contributed by atoms with van der Waals surface area (Å²) in [4.78, 5) is 2.44. The van der Waals surface area contributed by atoms with Gasteiger partial charge in [0.25, 0.3) is 0 Å². The number of hydrogen-bond donors (Lipinski definition) is 1. The normalized spacial score (nSPS) is 12.8. The maximum Gasteiger partial charge on any atom is 0.129 e. The Morgan fingerprint density at radius 3 is 2.76 bits per heavy atom. The molecule has 0 aromatic heterocycles. The van der Waals surface area contributed by atoms with Gasteiger partial charge in [0.05, 0.1) is 4.99 Å². The molecule has 0 heterocycles. The summed E-state index contributed by atoms with van der Waals surface area (Å²) in [6.07, 6.45) is 0.609. The molecule has 94 valence electrons. The van der Waals surface area contributed by atoms with Crippen molar-refractivity contribution < 1.29 is 4.39 Å². The highest BCUT2D eigenvalue weighted by atomic mass is 35.5. The smallest absolute Gasteiger partial charge is 0.129 e. The molecule has 1 atom stereocenters. The quantitative estimate of drug-likeness (QED) is 0.837. The van der Waals surface area contributed by atoms with Gasteiger partial charge in [-0.05, 0) is 26.1 Å². The lowest BCUT2D eigenvalue weighted by Gasteiger charge is -2.24. The average Bonchev–Trinajstić information content (AvgIpc) is 2.22. The van der Waals surface area contributed by atoms with Gasteiger partial charge in [0.2, 0.25) is 0 Å². The van der Waals surface area contributed by atoms with E-state index in [2.05, 4.69) is 0 Å². The average molecular weight is 275 g/mol. The molecule has 5 heteroatoms. The molecule has 1 rings (SSSR count). The van der Waals surface area contributed by atoms with Gasteiger partial charge in [-0.15, -0.1) is 0 Å². The molecule has 0 aliphatic carbocycles. The first-order valence-corrected chi connectivity index (χ1v) is 6.12. The fraction of sp³-hybridized carbons (Fsp3) is 0.417. The number of nitrogens with two attached hydrogens (primary N) is 1. The molecular weight excluding hydrogens is 259 g/mol. The molecule has 0 fully saturated rings. The van der Waals surface area contributed by atoms with Crippen LogP contribution in [-0.2, 0) is 6.54 Å². The number of nitrogens with zero attached hydrogens (tertiary/aromatic N) is 1. The summed E-state index contributed by atoms with van der Waals surface area (Å²) >= 11 is 10.8. The Morgan fingerprint density at radius 2 is 2.24 bits per heavy atom. The van der Waals surface area contributed by atoms with E-state index in [0.29, 0.717) is 28.5 Å². The van der Waals surface area contributed by atoms with Gasteiger partial charge in [-0.3, -0.25) is 4.90 Å². The van der Waals surface area contributed by atoms with Crippen LogP contribution in [0.3, 0.4) is 0 Å². The highest BCUT2D eigenvalue weighted by Crippen LogP contribution is 2.21. The Labute approximate surface area is 112 Å². The summed E-state index contributed by atoms with van der Waals surface area (Å²) in [7, 11) is 1.89. The second kappa shape index (κ2) is 6.28. The SMILES string of the molecule is CC(CC(N)=S)N(C)Cc1c(F)cccc1Cl. The van der Waals surface area contributed by atoms with Crippen molar-refractivity contribution >= 4 is 28.8 Å². The molecule has 0 amide bonds. The largest absolute Gasteiger partial charge is 0.393 e. The third-order valence-corrected chi connectivity index (χ3v) is 3.24. The number of thiocarbonyl (C=S) groups is 1. The zero-order valence-corrected chi connectivity index (χ0v) is 11.5.